The topological polar surface area (TPSA) is 96.3 Å². The van der Waals surface area contributed by atoms with Gasteiger partial charge in [-0.15, -0.1) is 0 Å². The minimum atomic E-state index is 0.328. The molecule has 6 nitrogen and oxygen atoms in total. The smallest absolute Gasteiger partial charge is 0.161 e. The molecule has 0 unspecified atom stereocenters. The Hall–Kier alpha value is -2.50. The number of hydrogen-bond donors (Lipinski definition) is 2. The summed E-state index contributed by atoms with van der Waals surface area (Å²) in [6, 6.07) is 5.39. The van der Waals surface area contributed by atoms with Crippen LogP contribution in [0.4, 0.5) is 11.6 Å². The lowest BCUT2D eigenvalue weighted by Gasteiger charge is -2.11. The van der Waals surface area contributed by atoms with Gasteiger partial charge in [0.25, 0.3) is 0 Å². The Bertz CT molecular complexity index is 552. The Balaban J connectivity index is 2.58. The highest BCUT2D eigenvalue weighted by atomic mass is 16.5. The molecule has 1 aromatic heterocycles. The monoisotopic (exact) mass is 246 g/mol. The van der Waals surface area contributed by atoms with Crippen LogP contribution in [0.5, 0.6) is 11.5 Å². The maximum atomic E-state index is 5.81. The lowest BCUT2D eigenvalue weighted by Crippen LogP contribution is -2.01. The quantitative estimate of drug-likeness (QED) is 0.848. The van der Waals surface area contributed by atoms with Crippen molar-refractivity contribution in [2.45, 2.75) is 0 Å². The molecule has 0 saturated heterocycles. The lowest BCUT2D eigenvalue weighted by molar-refractivity contribution is 0.355. The molecule has 2 aromatic rings. The SMILES string of the molecule is COc1ccc(-c2c(N)ncnc2N)cc1OC. The highest BCUT2D eigenvalue weighted by Gasteiger charge is 2.12. The number of rotatable bonds is 3. The summed E-state index contributed by atoms with van der Waals surface area (Å²) in [5.74, 6) is 1.89. The van der Waals surface area contributed by atoms with Crippen molar-refractivity contribution in [3.05, 3.63) is 24.5 Å². The van der Waals surface area contributed by atoms with Crippen LogP contribution in [0.15, 0.2) is 24.5 Å². The average molecular weight is 246 g/mol. The number of hydrogen-bond acceptors (Lipinski definition) is 6. The third-order valence-corrected chi connectivity index (χ3v) is 2.58. The van der Waals surface area contributed by atoms with Crippen molar-refractivity contribution >= 4 is 11.6 Å². The molecule has 2 rings (SSSR count). The van der Waals surface area contributed by atoms with Crippen LogP contribution >= 0.6 is 0 Å². The largest absolute Gasteiger partial charge is 0.493 e. The van der Waals surface area contributed by atoms with Crippen LogP contribution in [0, 0.1) is 0 Å². The van der Waals surface area contributed by atoms with Gasteiger partial charge in [0.05, 0.1) is 19.8 Å². The molecule has 1 heterocycles. The van der Waals surface area contributed by atoms with Crippen molar-refractivity contribution in [3.63, 3.8) is 0 Å². The summed E-state index contributed by atoms with van der Waals surface area (Å²) < 4.78 is 10.4. The van der Waals surface area contributed by atoms with Gasteiger partial charge in [-0.3, -0.25) is 0 Å². The zero-order chi connectivity index (χ0) is 13.1. The minimum Gasteiger partial charge on any atom is -0.493 e. The van der Waals surface area contributed by atoms with Gasteiger partial charge in [-0.1, -0.05) is 6.07 Å². The van der Waals surface area contributed by atoms with Crippen LogP contribution < -0.4 is 20.9 Å². The Labute approximate surface area is 105 Å². The Morgan fingerprint density at radius 1 is 0.944 bits per heavy atom. The fraction of sp³-hybridized carbons (Fsp3) is 0.167. The molecule has 0 amide bonds. The highest BCUT2D eigenvalue weighted by molar-refractivity contribution is 5.83. The lowest BCUT2D eigenvalue weighted by atomic mass is 10.1. The number of nitrogen functional groups attached to an aromatic ring is 2. The average Bonchev–Trinajstić information content (AvgIpc) is 2.38. The zero-order valence-corrected chi connectivity index (χ0v) is 10.2. The molecular formula is C12H14N4O2. The van der Waals surface area contributed by atoms with Gasteiger partial charge < -0.3 is 20.9 Å². The van der Waals surface area contributed by atoms with E-state index in [4.69, 9.17) is 20.9 Å². The molecule has 4 N–H and O–H groups in total. The predicted octanol–water partition coefficient (Wildman–Crippen LogP) is 1.33. The Morgan fingerprint density at radius 3 is 2.11 bits per heavy atom. The van der Waals surface area contributed by atoms with E-state index in [1.54, 1.807) is 26.4 Å². The van der Waals surface area contributed by atoms with Crippen molar-refractivity contribution in [2.75, 3.05) is 25.7 Å². The molecule has 0 aliphatic rings. The molecule has 18 heavy (non-hydrogen) atoms. The summed E-state index contributed by atoms with van der Waals surface area (Å²) in [6.45, 7) is 0. The van der Waals surface area contributed by atoms with Crippen LogP contribution in [-0.4, -0.2) is 24.2 Å². The van der Waals surface area contributed by atoms with E-state index in [9.17, 15) is 0 Å². The molecule has 94 valence electrons. The maximum Gasteiger partial charge on any atom is 0.161 e. The summed E-state index contributed by atoms with van der Waals surface area (Å²) in [7, 11) is 3.14. The normalized spacial score (nSPS) is 10.1. The summed E-state index contributed by atoms with van der Waals surface area (Å²) in [5, 5.41) is 0. The highest BCUT2D eigenvalue weighted by Crippen LogP contribution is 2.35. The van der Waals surface area contributed by atoms with Gasteiger partial charge >= 0.3 is 0 Å². The molecule has 0 bridgehead atoms. The zero-order valence-electron chi connectivity index (χ0n) is 10.2. The standard InChI is InChI=1S/C12H14N4O2/c1-17-8-4-3-7(5-9(8)18-2)10-11(13)15-6-16-12(10)14/h3-6H,1-2H3,(H4,13,14,15,16). The third kappa shape index (κ3) is 2.00. The van der Waals surface area contributed by atoms with Crippen LogP contribution in [0.1, 0.15) is 0 Å². The van der Waals surface area contributed by atoms with Crippen LogP contribution in [0.3, 0.4) is 0 Å². The Kier molecular flexibility index (Phi) is 3.18. The van der Waals surface area contributed by atoms with Gasteiger partial charge in [-0.05, 0) is 17.7 Å². The van der Waals surface area contributed by atoms with Gasteiger partial charge in [0, 0.05) is 0 Å². The fourth-order valence-corrected chi connectivity index (χ4v) is 1.70. The molecule has 0 radical (unpaired) electrons. The molecule has 0 aliphatic heterocycles. The van der Waals surface area contributed by atoms with E-state index in [1.165, 1.54) is 6.33 Å². The molecule has 1 aromatic carbocycles. The van der Waals surface area contributed by atoms with Crippen molar-refractivity contribution in [2.24, 2.45) is 0 Å². The second kappa shape index (κ2) is 4.79. The maximum absolute atomic E-state index is 5.81. The summed E-state index contributed by atoms with van der Waals surface area (Å²) in [5.41, 5.74) is 13.0. The van der Waals surface area contributed by atoms with E-state index in [0.29, 0.717) is 28.7 Å². The first-order chi connectivity index (χ1) is 8.67. The minimum absolute atomic E-state index is 0.328. The van der Waals surface area contributed by atoms with Crippen LogP contribution in [-0.2, 0) is 0 Å². The molecule has 0 atom stereocenters. The first-order valence-corrected chi connectivity index (χ1v) is 5.25. The number of benzene rings is 1. The van der Waals surface area contributed by atoms with Gasteiger partial charge in [0.1, 0.15) is 18.0 Å². The molecular weight excluding hydrogens is 232 g/mol. The molecule has 0 saturated carbocycles. The van der Waals surface area contributed by atoms with Crippen LogP contribution in [0.2, 0.25) is 0 Å². The first-order valence-electron chi connectivity index (χ1n) is 5.25. The molecule has 6 heteroatoms. The second-order valence-corrected chi connectivity index (χ2v) is 3.59. The van der Waals surface area contributed by atoms with E-state index < -0.39 is 0 Å². The molecule has 0 fully saturated rings. The van der Waals surface area contributed by atoms with Crippen molar-refractivity contribution in [1.29, 1.82) is 0 Å². The fourth-order valence-electron chi connectivity index (χ4n) is 1.70. The summed E-state index contributed by atoms with van der Waals surface area (Å²) >= 11 is 0. The third-order valence-electron chi connectivity index (χ3n) is 2.58. The van der Waals surface area contributed by atoms with Crippen molar-refractivity contribution in [1.82, 2.24) is 9.97 Å². The summed E-state index contributed by atoms with van der Waals surface area (Å²) in [6.07, 6.45) is 1.33. The number of nitrogens with two attached hydrogens (primary N) is 2. The van der Waals surface area contributed by atoms with Crippen molar-refractivity contribution < 1.29 is 9.47 Å². The number of methoxy groups -OCH3 is 2. The first kappa shape index (κ1) is 12.0. The number of nitrogens with zero attached hydrogens (tertiary/aromatic N) is 2. The van der Waals surface area contributed by atoms with E-state index in [2.05, 4.69) is 9.97 Å². The number of anilines is 2. The van der Waals surface area contributed by atoms with Gasteiger partial charge in [0.15, 0.2) is 11.5 Å². The van der Waals surface area contributed by atoms with E-state index >= 15 is 0 Å². The molecule has 0 spiro atoms. The number of ether oxygens (including phenoxy) is 2. The van der Waals surface area contributed by atoms with Gasteiger partial charge in [-0.2, -0.15) is 0 Å². The predicted molar refractivity (Wildman–Crippen MR) is 69.4 cm³/mol. The van der Waals surface area contributed by atoms with Crippen molar-refractivity contribution in [3.8, 4) is 22.6 Å². The van der Waals surface area contributed by atoms with Crippen LogP contribution in [0.25, 0.3) is 11.1 Å². The summed E-state index contributed by atoms with van der Waals surface area (Å²) in [4.78, 5) is 7.86. The number of aromatic nitrogens is 2. The van der Waals surface area contributed by atoms with E-state index in [-0.39, 0.29) is 0 Å². The van der Waals surface area contributed by atoms with Gasteiger partial charge in [0.2, 0.25) is 0 Å². The second-order valence-electron chi connectivity index (χ2n) is 3.59. The molecule has 0 aliphatic carbocycles. The Morgan fingerprint density at radius 2 is 1.56 bits per heavy atom. The van der Waals surface area contributed by atoms with Gasteiger partial charge in [-0.25, -0.2) is 9.97 Å². The van der Waals surface area contributed by atoms with E-state index in [0.717, 1.165) is 5.56 Å². The van der Waals surface area contributed by atoms with E-state index in [1.807, 2.05) is 6.07 Å².